The van der Waals surface area contributed by atoms with Crippen LogP contribution in [0, 0.1) is 6.92 Å². The Bertz CT molecular complexity index is 646. The summed E-state index contributed by atoms with van der Waals surface area (Å²) in [4.78, 5) is 0. The quantitative estimate of drug-likeness (QED) is 0.743. The molecule has 0 saturated carbocycles. The van der Waals surface area contributed by atoms with Crippen LogP contribution in [-0.2, 0) is 6.54 Å². The lowest BCUT2D eigenvalue weighted by Crippen LogP contribution is -2.12. The van der Waals surface area contributed by atoms with Crippen molar-refractivity contribution in [1.29, 1.82) is 0 Å². The smallest absolute Gasteiger partial charge is 0.165 e. The number of nitrogens with two attached hydrogens (primary N) is 1. The molecule has 0 unspecified atom stereocenters. The lowest BCUT2D eigenvalue weighted by Gasteiger charge is -2.17. The van der Waals surface area contributed by atoms with Crippen LogP contribution in [0.4, 0.5) is 0 Å². The van der Waals surface area contributed by atoms with Crippen LogP contribution in [0.1, 0.15) is 36.5 Å². The maximum atomic E-state index is 5.95. The Morgan fingerprint density at radius 2 is 1.75 bits per heavy atom. The fourth-order valence-corrected chi connectivity index (χ4v) is 2.59. The van der Waals surface area contributed by atoms with Crippen LogP contribution < -0.4 is 19.9 Å². The highest BCUT2D eigenvalue weighted by atomic mass is 16.5. The first-order valence-corrected chi connectivity index (χ1v) is 8.29. The molecular weight excluding hydrogens is 302 g/mol. The molecule has 2 N–H and O–H groups in total. The van der Waals surface area contributed by atoms with Gasteiger partial charge in [0, 0.05) is 12.1 Å². The molecule has 0 radical (unpaired) electrons. The summed E-state index contributed by atoms with van der Waals surface area (Å²) in [5.41, 5.74) is 9.09. The number of rotatable bonds is 8. The third-order valence-electron chi connectivity index (χ3n) is 3.88. The van der Waals surface area contributed by atoms with E-state index >= 15 is 0 Å². The number of para-hydroxylation sites is 1. The summed E-state index contributed by atoms with van der Waals surface area (Å²) in [6.45, 7) is 7.69. The molecule has 0 fully saturated rings. The molecule has 0 heterocycles. The van der Waals surface area contributed by atoms with Crippen LogP contribution >= 0.6 is 0 Å². The molecule has 0 aliphatic carbocycles. The summed E-state index contributed by atoms with van der Waals surface area (Å²) in [6, 6.07) is 12.0. The predicted molar refractivity (Wildman–Crippen MR) is 97.1 cm³/mol. The maximum Gasteiger partial charge on any atom is 0.165 e. The van der Waals surface area contributed by atoms with Crippen molar-refractivity contribution < 1.29 is 14.2 Å². The zero-order chi connectivity index (χ0) is 17.5. The first-order chi connectivity index (χ1) is 11.6. The van der Waals surface area contributed by atoms with Crippen molar-refractivity contribution in [1.82, 2.24) is 0 Å². The summed E-state index contributed by atoms with van der Waals surface area (Å²) in [7, 11) is 1.63. The van der Waals surface area contributed by atoms with Gasteiger partial charge < -0.3 is 19.9 Å². The van der Waals surface area contributed by atoms with Crippen molar-refractivity contribution >= 4 is 0 Å². The first-order valence-electron chi connectivity index (χ1n) is 8.29. The van der Waals surface area contributed by atoms with Gasteiger partial charge in [-0.25, -0.2) is 0 Å². The van der Waals surface area contributed by atoms with E-state index in [0.717, 1.165) is 11.3 Å². The summed E-state index contributed by atoms with van der Waals surface area (Å²) < 4.78 is 17.2. The van der Waals surface area contributed by atoms with E-state index in [0.29, 0.717) is 37.2 Å². The van der Waals surface area contributed by atoms with Gasteiger partial charge in [-0.15, -0.1) is 0 Å². The Kier molecular flexibility index (Phi) is 6.50. The zero-order valence-electron chi connectivity index (χ0n) is 15.0. The van der Waals surface area contributed by atoms with Crippen LogP contribution in [0.2, 0.25) is 0 Å². The van der Waals surface area contributed by atoms with Crippen molar-refractivity contribution in [2.24, 2.45) is 5.73 Å². The van der Waals surface area contributed by atoms with Gasteiger partial charge in [0.1, 0.15) is 19.0 Å². The average Bonchev–Trinajstić information content (AvgIpc) is 2.58. The summed E-state index contributed by atoms with van der Waals surface area (Å²) in [5, 5.41) is 0. The van der Waals surface area contributed by atoms with Crippen LogP contribution in [0.15, 0.2) is 36.4 Å². The van der Waals surface area contributed by atoms with Gasteiger partial charge in [0.25, 0.3) is 0 Å². The molecular formula is C20H27NO3. The zero-order valence-corrected chi connectivity index (χ0v) is 15.0. The van der Waals surface area contributed by atoms with Gasteiger partial charge in [-0.05, 0) is 36.1 Å². The molecule has 4 heteroatoms. The van der Waals surface area contributed by atoms with Gasteiger partial charge >= 0.3 is 0 Å². The van der Waals surface area contributed by atoms with Gasteiger partial charge in [0.15, 0.2) is 11.5 Å². The average molecular weight is 329 g/mol. The highest BCUT2D eigenvalue weighted by Crippen LogP contribution is 2.31. The summed E-state index contributed by atoms with van der Waals surface area (Å²) >= 11 is 0. The molecule has 0 bridgehead atoms. The van der Waals surface area contributed by atoms with E-state index in [2.05, 4.69) is 39.0 Å². The molecule has 0 atom stereocenters. The van der Waals surface area contributed by atoms with E-state index < -0.39 is 0 Å². The summed E-state index contributed by atoms with van der Waals surface area (Å²) in [6.07, 6.45) is 0. The molecule has 2 rings (SSSR count). The molecule has 24 heavy (non-hydrogen) atoms. The first kappa shape index (κ1) is 18.1. The minimum absolute atomic E-state index is 0.406. The third kappa shape index (κ3) is 4.42. The second-order valence-corrected chi connectivity index (χ2v) is 6.05. The lowest BCUT2D eigenvalue weighted by atomic mass is 10.0. The number of hydrogen-bond donors (Lipinski definition) is 1. The summed E-state index contributed by atoms with van der Waals surface area (Å²) in [5.74, 6) is 2.73. The third-order valence-corrected chi connectivity index (χ3v) is 3.88. The van der Waals surface area contributed by atoms with E-state index in [1.807, 2.05) is 18.2 Å². The van der Waals surface area contributed by atoms with E-state index in [-0.39, 0.29) is 0 Å². The number of methoxy groups -OCH3 is 1. The van der Waals surface area contributed by atoms with Crippen LogP contribution in [0.3, 0.4) is 0 Å². The van der Waals surface area contributed by atoms with E-state index in [1.165, 1.54) is 11.1 Å². The maximum absolute atomic E-state index is 5.95. The molecule has 130 valence electrons. The molecule has 0 aromatic heterocycles. The number of ether oxygens (including phenoxy) is 3. The van der Waals surface area contributed by atoms with E-state index in [4.69, 9.17) is 19.9 Å². The molecule has 0 saturated heterocycles. The van der Waals surface area contributed by atoms with Crippen molar-refractivity contribution in [2.45, 2.75) is 33.2 Å². The van der Waals surface area contributed by atoms with Crippen molar-refractivity contribution in [3.8, 4) is 17.2 Å². The Labute approximate surface area is 144 Å². The second-order valence-electron chi connectivity index (χ2n) is 6.05. The predicted octanol–water partition coefficient (Wildman–Crippen LogP) is 4.04. The lowest BCUT2D eigenvalue weighted by molar-refractivity contribution is 0.208. The van der Waals surface area contributed by atoms with E-state index in [9.17, 15) is 0 Å². The van der Waals surface area contributed by atoms with Crippen LogP contribution in [-0.4, -0.2) is 20.3 Å². The molecule has 0 spiro atoms. The fraction of sp³-hybridized carbons (Fsp3) is 0.400. The Hall–Kier alpha value is -2.20. The van der Waals surface area contributed by atoms with Crippen molar-refractivity contribution in [3.63, 3.8) is 0 Å². The highest BCUT2D eigenvalue weighted by molar-refractivity contribution is 5.46. The standard InChI is InChI=1S/C20H27NO3/c1-14(2)17-9-8-15(3)12-19(17)23-10-11-24-20-16(13-21)6-5-7-18(20)22-4/h5-9,12,14H,10-11,13,21H2,1-4H3. The van der Waals surface area contributed by atoms with Crippen molar-refractivity contribution in [2.75, 3.05) is 20.3 Å². The minimum atomic E-state index is 0.406. The highest BCUT2D eigenvalue weighted by Gasteiger charge is 2.11. The molecule has 4 nitrogen and oxygen atoms in total. The van der Waals surface area contributed by atoms with Gasteiger partial charge in [-0.1, -0.05) is 38.1 Å². The molecule has 0 aliphatic rings. The molecule has 2 aromatic rings. The van der Waals surface area contributed by atoms with Gasteiger partial charge in [-0.3, -0.25) is 0 Å². The monoisotopic (exact) mass is 329 g/mol. The van der Waals surface area contributed by atoms with Gasteiger partial charge in [-0.2, -0.15) is 0 Å². The Balaban J connectivity index is 2.00. The second kappa shape index (κ2) is 8.60. The molecule has 0 aliphatic heterocycles. The normalized spacial score (nSPS) is 10.8. The Morgan fingerprint density at radius 1 is 1.00 bits per heavy atom. The van der Waals surface area contributed by atoms with Crippen LogP contribution in [0.5, 0.6) is 17.2 Å². The van der Waals surface area contributed by atoms with Crippen LogP contribution in [0.25, 0.3) is 0 Å². The fourth-order valence-electron chi connectivity index (χ4n) is 2.59. The molecule has 2 aromatic carbocycles. The van der Waals surface area contributed by atoms with Crippen molar-refractivity contribution in [3.05, 3.63) is 53.1 Å². The Morgan fingerprint density at radius 3 is 2.42 bits per heavy atom. The minimum Gasteiger partial charge on any atom is -0.493 e. The number of benzene rings is 2. The number of hydrogen-bond acceptors (Lipinski definition) is 4. The van der Waals surface area contributed by atoms with E-state index in [1.54, 1.807) is 7.11 Å². The van der Waals surface area contributed by atoms with Gasteiger partial charge in [0.2, 0.25) is 0 Å². The SMILES string of the molecule is COc1cccc(CN)c1OCCOc1cc(C)ccc1C(C)C. The topological polar surface area (TPSA) is 53.7 Å². The molecule has 0 amide bonds. The number of aryl methyl sites for hydroxylation is 1. The van der Waals surface area contributed by atoms with Gasteiger partial charge in [0.05, 0.1) is 7.11 Å². The largest absolute Gasteiger partial charge is 0.493 e.